The van der Waals surface area contributed by atoms with Crippen molar-refractivity contribution >= 4 is 0 Å². The van der Waals surface area contributed by atoms with Crippen LogP contribution in [0.25, 0.3) is 0 Å². The minimum atomic E-state index is -4.25. The molecule has 0 aromatic rings. The third kappa shape index (κ3) is 17.5. The Morgan fingerprint density at radius 1 is 0.556 bits per heavy atom. The molecule has 2 unspecified atom stereocenters. The quantitative estimate of drug-likeness (QED) is 0.119. The highest BCUT2D eigenvalue weighted by Gasteiger charge is 2.53. The molecule has 0 aliphatic heterocycles. The number of halogens is 13. The normalized spacial score (nSPS) is 20.5. The molecule has 8 nitrogen and oxygen atoms in total. The minimum absolute atomic E-state index is 0.266. The van der Waals surface area contributed by atoms with Gasteiger partial charge in [-0.3, -0.25) is 0 Å². The van der Waals surface area contributed by atoms with Gasteiger partial charge in [-0.25, -0.2) is 39.5 Å². The zero-order chi connectivity index (χ0) is 34.6. The lowest BCUT2D eigenvalue weighted by molar-refractivity contribution is -0.306. The molecule has 0 aromatic heterocycles. The summed E-state index contributed by atoms with van der Waals surface area (Å²) in [4.78, 5) is 0. The van der Waals surface area contributed by atoms with E-state index in [0.717, 1.165) is 0 Å². The summed E-state index contributed by atoms with van der Waals surface area (Å²) in [5.41, 5.74) is 0. The minimum Gasteiger partial charge on any atom is -0.396 e. The van der Waals surface area contributed by atoms with Crippen molar-refractivity contribution in [2.24, 2.45) is 0 Å². The molecule has 45 heavy (non-hydrogen) atoms. The lowest BCUT2D eigenvalue weighted by Crippen LogP contribution is -2.54. The maximum Gasteiger partial charge on any atom is 0.379 e. The third-order valence-electron chi connectivity index (χ3n) is 5.93. The van der Waals surface area contributed by atoms with E-state index < -0.39 is 146 Å². The number of aliphatic hydroxyl groups excluding tert-OH is 2. The van der Waals surface area contributed by atoms with Crippen LogP contribution in [0.3, 0.4) is 0 Å². The Morgan fingerprint density at radius 3 is 1.33 bits per heavy atom. The average molecular weight is 699 g/mol. The summed E-state index contributed by atoms with van der Waals surface area (Å²) in [6.07, 6.45) is -16.1. The van der Waals surface area contributed by atoms with Crippen LogP contribution in [0.1, 0.15) is 38.5 Å². The van der Waals surface area contributed by atoms with E-state index in [-0.39, 0.29) is 6.42 Å². The first-order valence-corrected chi connectivity index (χ1v) is 13.3. The molecule has 1 fully saturated rings. The predicted octanol–water partition coefficient (Wildman–Crippen LogP) is 5.19. The van der Waals surface area contributed by atoms with Crippen LogP contribution < -0.4 is 0 Å². The van der Waals surface area contributed by atoms with Gasteiger partial charge in [0.2, 0.25) is 5.85 Å². The number of ether oxygens (including phenoxy) is 6. The Balaban J connectivity index is 2.39. The van der Waals surface area contributed by atoms with Gasteiger partial charge >= 0.3 is 12.2 Å². The van der Waals surface area contributed by atoms with Crippen LogP contribution in [0.15, 0.2) is 0 Å². The average Bonchev–Trinajstić information content (AvgIpc) is 2.85. The Kier molecular flexibility index (Phi) is 16.0. The van der Waals surface area contributed by atoms with Crippen LogP contribution in [-0.2, 0) is 28.4 Å². The van der Waals surface area contributed by atoms with E-state index in [1.54, 1.807) is 0 Å². The van der Waals surface area contributed by atoms with Gasteiger partial charge in [0.1, 0.15) is 45.7 Å². The Bertz CT molecular complexity index is 854. The largest absolute Gasteiger partial charge is 0.396 e. The lowest BCUT2D eigenvalue weighted by Gasteiger charge is -2.42. The molecule has 1 saturated carbocycles. The fraction of sp³-hybridized carbons (Fsp3) is 1.00. The molecular formula is C24H35F13O8. The molecule has 2 atom stereocenters. The summed E-state index contributed by atoms with van der Waals surface area (Å²) in [6.45, 7) is -14.3. The highest BCUT2D eigenvalue weighted by atomic mass is 19.3. The van der Waals surface area contributed by atoms with Gasteiger partial charge in [0.25, 0.3) is 23.7 Å². The second kappa shape index (κ2) is 17.3. The molecule has 0 radical (unpaired) electrons. The summed E-state index contributed by atoms with van der Waals surface area (Å²) >= 11 is 0. The summed E-state index contributed by atoms with van der Waals surface area (Å²) in [5, 5.41) is 16.9. The van der Waals surface area contributed by atoms with Crippen molar-refractivity contribution in [2.45, 2.75) is 86.4 Å². The van der Waals surface area contributed by atoms with E-state index >= 15 is 0 Å². The molecule has 1 aliphatic rings. The number of alkyl halides is 13. The summed E-state index contributed by atoms with van der Waals surface area (Å²) in [7, 11) is 0. The zero-order valence-electron chi connectivity index (χ0n) is 23.6. The zero-order valence-corrected chi connectivity index (χ0v) is 23.6. The molecule has 0 spiro atoms. The Labute approximate surface area is 249 Å². The number of hydrogen-bond donors (Lipinski definition) is 2. The van der Waals surface area contributed by atoms with Crippen LogP contribution >= 0.6 is 0 Å². The second-order valence-electron chi connectivity index (χ2n) is 10.2. The Morgan fingerprint density at radius 2 is 0.956 bits per heavy atom. The van der Waals surface area contributed by atoms with E-state index in [1.807, 2.05) is 0 Å². The van der Waals surface area contributed by atoms with Gasteiger partial charge in [0.15, 0.2) is 0 Å². The fourth-order valence-electron chi connectivity index (χ4n) is 3.35. The van der Waals surface area contributed by atoms with E-state index in [9.17, 15) is 57.1 Å². The van der Waals surface area contributed by atoms with Gasteiger partial charge in [-0.15, -0.1) is 0 Å². The lowest BCUT2D eigenvalue weighted by atomic mass is 9.88. The Hall–Kier alpha value is -1.23. The van der Waals surface area contributed by atoms with Crippen molar-refractivity contribution < 1.29 is 95.7 Å². The van der Waals surface area contributed by atoms with Gasteiger partial charge in [0, 0.05) is 45.3 Å². The monoisotopic (exact) mass is 698 g/mol. The summed E-state index contributed by atoms with van der Waals surface area (Å²) in [6, 6.07) is 0. The highest BCUT2D eigenvalue weighted by molar-refractivity contribution is 4.92. The van der Waals surface area contributed by atoms with E-state index in [0.29, 0.717) is 0 Å². The standard InChI is InChI=1S/C24H35F13O8/c25-18(26,3-7-38)11-40-15-23(34,35)43-9-5-20(29,30)13-42-17-1-2-22(17,33)45-14-21(31,32)6-10-44-24(36,37)16-41-12-19(27,28)4-8-39/h17,38-39H,1-16H2. The van der Waals surface area contributed by atoms with Crippen molar-refractivity contribution in [3.8, 4) is 0 Å². The number of hydrogen-bond acceptors (Lipinski definition) is 8. The van der Waals surface area contributed by atoms with Crippen molar-refractivity contribution in [1.82, 2.24) is 0 Å². The molecule has 0 amide bonds. The van der Waals surface area contributed by atoms with Crippen molar-refractivity contribution in [3.05, 3.63) is 0 Å². The predicted molar refractivity (Wildman–Crippen MR) is 125 cm³/mol. The van der Waals surface area contributed by atoms with Crippen molar-refractivity contribution in [1.29, 1.82) is 0 Å². The molecule has 2 N–H and O–H groups in total. The molecule has 270 valence electrons. The molecule has 0 bridgehead atoms. The smallest absolute Gasteiger partial charge is 0.379 e. The second-order valence-corrected chi connectivity index (χ2v) is 10.2. The molecule has 0 saturated heterocycles. The molecular weight excluding hydrogens is 663 g/mol. The first-order chi connectivity index (χ1) is 20.5. The van der Waals surface area contributed by atoms with Crippen LogP contribution in [0.2, 0.25) is 0 Å². The maximum atomic E-state index is 14.8. The highest BCUT2D eigenvalue weighted by Crippen LogP contribution is 2.42. The van der Waals surface area contributed by atoms with Crippen molar-refractivity contribution in [2.75, 3.05) is 66.1 Å². The van der Waals surface area contributed by atoms with Crippen LogP contribution in [0, 0.1) is 0 Å². The van der Waals surface area contributed by atoms with Crippen LogP contribution in [0.4, 0.5) is 57.1 Å². The summed E-state index contributed by atoms with van der Waals surface area (Å²) < 4.78 is 203. The van der Waals surface area contributed by atoms with Gasteiger partial charge < -0.3 is 38.6 Å². The molecule has 1 aliphatic carbocycles. The van der Waals surface area contributed by atoms with E-state index in [1.165, 1.54) is 0 Å². The number of rotatable bonds is 26. The fourth-order valence-corrected chi connectivity index (χ4v) is 3.35. The van der Waals surface area contributed by atoms with Gasteiger partial charge in [-0.05, 0) is 6.42 Å². The maximum absolute atomic E-state index is 14.8. The first-order valence-electron chi connectivity index (χ1n) is 13.3. The first kappa shape index (κ1) is 41.8. The third-order valence-corrected chi connectivity index (χ3v) is 5.93. The molecule has 0 aromatic carbocycles. The van der Waals surface area contributed by atoms with Gasteiger partial charge in [-0.2, -0.15) is 17.6 Å². The van der Waals surface area contributed by atoms with E-state index in [4.69, 9.17) is 10.2 Å². The molecule has 21 heteroatoms. The van der Waals surface area contributed by atoms with Crippen molar-refractivity contribution in [3.63, 3.8) is 0 Å². The summed E-state index contributed by atoms with van der Waals surface area (Å²) in [5.74, 6) is -18.1. The SMILES string of the molecule is OCCC(F)(F)COCC(F)(F)OCCC(F)(F)COC1CCC1(F)OCC(F)(F)CCOC(F)(F)COCC(F)(F)CCO. The van der Waals surface area contributed by atoms with Crippen LogP contribution in [-0.4, -0.2) is 124 Å². The van der Waals surface area contributed by atoms with Crippen LogP contribution in [0.5, 0.6) is 0 Å². The van der Waals surface area contributed by atoms with E-state index in [2.05, 4.69) is 28.4 Å². The van der Waals surface area contributed by atoms with Gasteiger partial charge in [-0.1, -0.05) is 0 Å². The topological polar surface area (TPSA) is 95.8 Å². The molecule has 0 heterocycles. The number of aliphatic hydroxyl groups is 2. The van der Waals surface area contributed by atoms with Gasteiger partial charge in [0.05, 0.1) is 13.2 Å². The molecule has 1 rings (SSSR count).